The van der Waals surface area contributed by atoms with Crippen LogP contribution in [0.1, 0.15) is 39.5 Å². The van der Waals surface area contributed by atoms with Gasteiger partial charge in [0.2, 0.25) is 0 Å². The van der Waals surface area contributed by atoms with E-state index in [1.807, 2.05) is 60.7 Å². The lowest BCUT2D eigenvalue weighted by molar-refractivity contribution is 0.660. The summed E-state index contributed by atoms with van der Waals surface area (Å²) in [4.78, 5) is 27.1. The van der Waals surface area contributed by atoms with Crippen molar-refractivity contribution in [3.63, 3.8) is 0 Å². The van der Waals surface area contributed by atoms with Gasteiger partial charge < -0.3 is 9.13 Å². The van der Waals surface area contributed by atoms with Crippen LogP contribution in [0, 0.1) is 0 Å². The van der Waals surface area contributed by atoms with Crippen LogP contribution in [0.15, 0.2) is 70.3 Å². The van der Waals surface area contributed by atoms with Crippen molar-refractivity contribution in [2.45, 2.75) is 52.6 Å². The zero-order valence-electron chi connectivity index (χ0n) is 18.7. The van der Waals surface area contributed by atoms with E-state index in [4.69, 9.17) is 0 Å². The van der Waals surface area contributed by atoms with Crippen LogP contribution < -0.4 is 10.9 Å². The predicted molar refractivity (Wildman–Crippen MR) is 135 cm³/mol. The van der Waals surface area contributed by atoms with Crippen LogP contribution in [-0.4, -0.2) is 9.13 Å². The molecule has 0 unspecified atom stereocenters. The minimum absolute atomic E-state index is 0.0351. The normalized spacial score (nSPS) is 11.8. The number of aromatic nitrogens is 2. The molecule has 162 valence electrons. The number of hydrogen-bond donors (Lipinski definition) is 0. The molecule has 0 aliphatic heterocycles. The van der Waals surface area contributed by atoms with Gasteiger partial charge in [-0.15, -0.1) is 0 Å². The first-order valence-electron chi connectivity index (χ1n) is 11.7. The standard InChI is InChI=1S/C28H28N2O2/c1-3-5-15-29-23-13-9-7-11-19(23)27(31)21-18-26-22(17-25(21)29)28(32)20-12-8-10-14-24(20)30(26)16-6-4-2/h7-14,17-18H,3-6,15-16H2,1-2H3. The van der Waals surface area contributed by atoms with Gasteiger partial charge in [0, 0.05) is 34.6 Å². The van der Waals surface area contributed by atoms with E-state index in [2.05, 4.69) is 23.0 Å². The molecule has 0 saturated heterocycles. The summed E-state index contributed by atoms with van der Waals surface area (Å²) in [5, 5.41) is 2.84. The Morgan fingerprint density at radius 3 is 1.38 bits per heavy atom. The first-order valence-corrected chi connectivity index (χ1v) is 11.7. The SMILES string of the molecule is CCCCn1c2ccccc2c(=O)c2cc3c(cc21)c(=O)c1ccccc1n3CCCC. The van der Waals surface area contributed by atoms with Gasteiger partial charge in [-0.3, -0.25) is 9.59 Å². The highest BCUT2D eigenvalue weighted by atomic mass is 16.1. The molecule has 0 fully saturated rings. The maximum Gasteiger partial charge on any atom is 0.197 e. The van der Waals surface area contributed by atoms with Crippen LogP contribution in [0.4, 0.5) is 0 Å². The Labute approximate surface area is 186 Å². The maximum absolute atomic E-state index is 13.5. The van der Waals surface area contributed by atoms with Gasteiger partial charge in [0.05, 0.1) is 22.1 Å². The van der Waals surface area contributed by atoms with Crippen LogP contribution in [0.5, 0.6) is 0 Å². The Balaban J connectivity index is 1.99. The molecule has 2 aromatic heterocycles. The van der Waals surface area contributed by atoms with Gasteiger partial charge in [-0.05, 0) is 49.2 Å². The minimum atomic E-state index is 0.0351. The van der Waals surface area contributed by atoms with Gasteiger partial charge in [-0.2, -0.15) is 0 Å². The highest BCUT2D eigenvalue weighted by molar-refractivity contribution is 6.03. The number of rotatable bonds is 6. The molecule has 4 heteroatoms. The van der Waals surface area contributed by atoms with E-state index in [-0.39, 0.29) is 10.9 Å². The summed E-state index contributed by atoms with van der Waals surface area (Å²) in [6.07, 6.45) is 4.14. The molecule has 0 aliphatic carbocycles. The zero-order chi connectivity index (χ0) is 22.2. The van der Waals surface area contributed by atoms with Crippen molar-refractivity contribution in [3.8, 4) is 0 Å². The zero-order valence-corrected chi connectivity index (χ0v) is 18.7. The van der Waals surface area contributed by atoms with E-state index in [0.29, 0.717) is 10.8 Å². The van der Waals surface area contributed by atoms with E-state index in [1.54, 1.807) is 0 Å². The topological polar surface area (TPSA) is 44.0 Å². The lowest BCUT2D eigenvalue weighted by Crippen LogP contribution is -2.15. The number of pyridine rings is 2. The van der Waals surface area contributed by atoms with Gasteiger partial charge in [0.25, 0.3) is 0 Å². The molecule has 5 rings (SSSR count). The van der Waals surface area contributed by atoms with E-state index in [0.717, 1.165) is 71.6 Å². The van der Waals surface area contributed by atoms with Gasteiger partial charge in [-0.25, -0.2) is 0 Å². The molecule has 0 amide bonds. The number of nitrogens with zero attached hydrogens (tertiary/aromatic N) is 2. The fraction of sp³-hybridized carbons (Fsp3) is 0.286. The summed E-state index contributed by atoms with van der Waals surface area (Å²) in [7, 11) is 0. The minimum Gasteiger partial charge on any atom is -0.340 e. The van der Waals surface area contributed by atoms with Crippen molar-refractivity contribution in [1.82, 2.24) is 9.13 Å². The molecule has 0 bridgehead atoms. The molecule has 0 radical (unpaired) electrons. The summed E-state index contributed by atoms with van der Waals surface area (Å²) < 4.78 is 4.44. The molecular formula is C28H28N2O2. The molecule has 3 aromatic carbocycles. The number of para-hydroxylation sites is 2. The first-order chi connectivity index (χ1) is 15.7. The molecule has 0 N–H and O–H groups in total. The molecule has 4 nitrogen and oxygen atoms in total. The lowest BCUT2D eigenvalue weighted by Gasteiger charge is -2.18. The average Bonchev–Trinajstić information content (AvgIpc) is 2.83. The molecule has 5 aromatic rings. The summed E-state index contributed by atoms with van der Waals surface area (Å²) >= 11 is 0. The fourth-order valence-electron chi connectivity index (χ4n) is 4.85. The van der Waals surface area contributed by atoms with Crippen molar-refractivity contribution >= 4 is 43.6 Å². The van der Waals surface area contributed by atoms with Crippen LogP contribution in [0.3, 0.4) is 0 Å². The largest absolute Gasteiger partial charge is 0.340 e. The molecule has 0 saturated carbocycles. The smallest absolute Gasteiger partial charge is 0.197 e. The Hall–Kier alpha value is -3.40. The van der Waals surface area contributed by atoms with Crippen molar-refractivity contribution in [1.29, 1.82) is 0 Å². The van der Waals surface area contributed by atoms with Crippen LogP contribution in [0.25, 0.3) is 43.6 Å². The molecule has 32 heavy (non-hydrogen) atoms. The number of fused-ring (bicyclic) bond motifs is 4. The quantitative estimate of drug-likeness (QED) is 0.304. The second kappa shape index (κ2) is 8.27. The number of hydrogen-bond acceptors (Lipinski definition) is 2. The third-order valence-electron chi connectivity index (χ3n) is 6.53. The second-order valence-electron chi connectivity index (χ2n) is 8.59. The summed E-state index contributed by atoms with van der Waals surface area (Å²) in [5.74, 6) is 0. The van der Waals surface area contributed by atoms with Crippen LogP contribution in [-0.2, 0) is 13.1 Å². The summed E-state index contributed by atoms with van der Waals surface area (Å²) in [6, 6.07) is 19.6. The third-order valence-corrected chi connectivity index (χ3v) is 6.53. The van der Waals surface area contributed by atoms with E-state index >= 15 is 0 Å². The maximum atomic E-state index is 13.5. The monoisotopic (exact) mass is 424 g/mol. The molecule has 0 atom stereocenters. The van der Waals surface area contributed by atoms with Crippen molar-refractivity contribution in [3.05, 3.63) is 81.1 Å². The highest BCUT2D eigenvalue weighted by Crippen LogP contribution is 2.27. The molecule has 0 aliphatic rings. The number of benzene rings is 3. The van der Waals surface area contributed by atoms with Gasteiger partial charge in [-0.1, -0.05) is 51.0 Å². The first kappa shape index (κ1) is 20.5. The van der Waals surface area contributed by atoms with Gasteiger partial charge >= 0.3 is 0 Å². The van der Waals surface area contributed by atoms with Crippen molar-refractivity contribution < 1.29 is 0 Å². The summed E-state index contributed by atoms with van der Waals surface area (Å²) in [6.45, 7) is 5.97. The number of unbranched alkanes of at least 4 members (excludes halogenated alkanes) is 2. The van der Waals surface area contributed by atoms with E-state index < -0.39 is 0 Å². The van der Waals surface area contributed by atoms with E-state index in [9.17, 15) is 9.59 Å². The third kappa shape index (κ3) is 3.13. The van der Waals surface area contributed by atoms with Crippen molar-refractivity contribution in [2.75, 3.05) is 0 Å². The Morgan fingerprint density at radius 2 is 0.969 bits per heavy atom. The Bertz CT molecular complexity index is 1470. The average molecular weight is 425 g/mol. The molecular weight excluding hydrogens is 396 g/mol. The van der Waals surface area contributed by atoms with Gasteiger partial charge in [0.15, 0.2) is 10.9 Å². The predicted octanol–water partition coefficient (Wildman–Crippen LogP) is 6.22. The van der Waals surface area contributed by atoms with E-state index in [1.165, 1.54) is 0 Å². The second-order valence-corrected chi connectivity index (χ2v) is 8.59. The Morgan fingerprint density at radius 1 is 0.562 bits per heavy atom. The molecule has 2 heterocycles. The highest BCUT2D eigenvalue weighted by Gasteiger charge is 2.16. The Kier molecular flexibility index (Phi) is 5.30. The van der Waals surface area contributed by atoms with Crippen LogP contribution >= 0.6 is 0 Å². The lowest BCUT2D eigenvalue weighted by atomic mass is 10.0. The van der Waals surface area contributed by atoms with Gasteiger partial charge in [0.1, 0.15) is 0 Å². The summed E-state index contributed by atoms with van der Waals surface area (Å²) in [5.41, 5.74) is 3.64. The molecule has 0 spiro atoms. The van der Waals surface area contributed by atoms with Crippen LogP contribution in [0.2, 0.25) is 0 Å². The fourth-order valence-corrected chi connectivity index (χ4v) is 4.85. The number of aryl methyl sites for hydroxylation is 2. The van der Waals surface area contributed by atoms with Crippen molar-refractivity contribution in [2.24, 2.45) is 0 Å².